The number of hydrogen-bond acceptors (Lipinski definition) is 3. The predicted octanol–water partition coefficient (Wildman–Crippen LogP) is 1.13. The van der Waals surface area contributed by atoms with Gasteiger partial charge in [-0.2, -0.15) is 0 Å². The third-order valence-electron chi connectivity index (χ3n) is 2.37. The molecule has 0 atom stereocenters. The first kappa shape index (κ1) is 11.5. The molecule has 1 heterocycles. The normalized spacial score (nSPS) is 20.8. The summed E-state index contributed by atoms with van der Waals surface area (Å²) in [5.74, 6) is -0.100. The van der Waals surface area contributed by atoms with Crippen LogP contribution in [-0.2, 0) is 14.8 Å². The minimum absolute atomic E-state index is 0.130. The van der Waals surface area contributed by atoms with Gasteiger partial charge in [-0.1, -0.05) is 13.3 Å². The first-order chi connectivity index (χ1) is 6.58. The summed E-state index contributed by atoms with van der Waals surface area (Å²) in [6.45, 7) is 2.36. The zero-order chi connectivity index (χ0) is 10.6. The molecule has 0 bridgehead atoms. The highest BCUT2D eigenvalue weighted by Crippen LogP contribution is 2.15. The molecule has 0 aromatic rings. The van der Waals surface area contributed by atoms with Gasteiger partial charge in [0.25, 0.3) is 0 Å². The highest BCUT2D eigenvalue weighted by Gasteiger charge is 2.29. The van der Waals surface area contributed by atoms with Crippen molar-refractivity contribution in [1.29, 1.82) is 0 Å². The van der Waals surface area contributed by atoms with E-state index < -0.39 is 10.0 Å². The van der Waals surface area contributed by atoms with Gasteiger partial charge in [0.15, 0.2) is 0 Å². The van der Waals surface area contributed by atoms with Crippen molar-refractivity contribution in [3.8, 4) is 0 Å². The second-order valence-electron chi connectivity index (χ2n) is 3.59. The fourth-order valence-corrected chi connectivity index (χ4v) is 3.12. The van der Waals surface area contributed by atoms with Gasteiger partial charge in [-0.15, -0.1) is 0 Å². The molecule has 4 nitrogen and oxygen atoms in total. The number of carbonyl (C=O) groups is 1. The Morgan fingerprint density at radius 2 is 2.07 bits per heavy atom. The van der Waals surface area contributed by atoms with Crippen molar-refractivity contribution in [2.24, 2.45) is 0 Å². The summed E-state index contributed by atoms with van der Waals surface area (Å²) in [5.41, 5.74) is 0. The van der Waals surface area contributed by atoms with Crippen LogP contribution in [0.15, 0.2) is 0 Å². The van der Waals surface area contributed by atoms with Crippen molar-refractivity contribution in [1.82, 2.24) is 4.31 Å². The van der Waals surface area contributed by atoms with Gasteiger partial charge in [0.2, 0.25) is 15.9 Å². The van der Waals surface area contributed by atoms with Gasteiger partial charge in [-0.3, -0.25) is 4.79 Å². The number of amides is 1. The average molecular weight is 219 g/mol. The van der Waals surface area contributed by atoms with Crippen LogP contribution in [0.25, 0.3) is 0 Å². The number of sulfonamides is 1. The van der Waals surface area contributed by atoms with Crippen LogP contribution in [-0.4, -0.2) is 30.9 Å². The Morgan fingerprint density at radius 3 is 2.64 bits per heavy atom. The molecule has 1 saturated heterocycles. The lowest BCUT2D eigenvalue weighted by Gasteiger charge is -2.26. The van der Waals surface area contributed by atoms with Crippen LogP contribution < -0.4 is 0 Å². The van der Waals surface area contributed by atoms with E-state index in [1.807, 2.05) is 6.92 Å². The molecule has 82 valence electrons. The van der Waals surface area contributed by atoms with Crippen LogP contribution in [0, 0.1) is 0 Å². The van der Waals surface area contributed by atoms with E-state index in [0.29, 0.717) is 19.4 Å². The smallest absolute Gasteiger partial charge is 0.237 e. The molecule has 5 heteroatoms. The van der Waals surface area contributed by atoms with Gasteiger partial charge >= 0.3 is 0 Å². The minimum Gasteiger partial charge on any atom is -0.274 e. The van der Waals surface area contributed by atoms with E-state index in [-0.39, 0.29) is 11.7 Å². The molecular formula is C9H17NO3S. The van der Waals surface area contributed by atoms with Gasteiger partial charge in [0, 0.05) is 13.0 Å². The monoisotopic (exact) mass is 219 g/mol. The molecule has 1 rings (SSSR count). The number of nitrogens with zero attached hydrogens (tertiary/aromatic N) is 1. The molecular weight excluding hydrogens is 202 g/mol. The van der Waals surface area contributed by atoms with E-state index in [4.69, 9.17) is 0 Å². The third kappa shape index (κ3) is 2.70. The van der Waals surface area contributed by atoms with Gasteiger partial charge < -0.3 is 0 Å². The van der Waals surface area contributed by atoms with Gasteiger partial charge in [0.05, 0.1) is 5.75 Å². The van der Waals surface area contributed by atoms with Crippen LogP contribution in [0.5, 0.6) is 0 Å². The Kier molecular flexibility index (Phi) is 3.92. The number of carbonyl (C=O) groups excluding carboxylic acids is 1. The summed E-state index contributed by atoms with van der Waals surface area (Å²) < 4.78 is 24.0. The Labute approximate surface area is 85.3 Å². The predicted molar refractivity (Wildman–Crippen MR) is 54.3 cm³/mol. The number of hydrogen-bond donors (Lipinski definition) is 0. The van der Waals surface area contributed by atoms with E-state index >= 15 is 0 Å². The molecule has 0 saturated carbocycles. The molecule has 1 aliphatic rings. The SMILES string of the molecule is CCCCC(=O)N1CCCCS1(=O)=O. The van der Waals surface area contributed by atoms with Crippen molar-refractivity contribution in [2.45, 2.75) is 39.0 Å². The average Bonchev–Trinajstić information content (AvgIpc) is 2.13. The second-order valence-corrected chi connectivity index (χ2v) is 5.61. The quantitative estimate of drug-likeness (QED) is 0.715. The maximum atomic E-state index is 11.5. The summed E-state index contributed by atoms with van der Waals surface area (Å²) >= 11 is 0. The molecule has 0 aromatic heterocycles. The Morgan fingerprint density at radius 1 is 1.36 bits per heavy atom. The third-order valence-corrected chi connectivity index (χ3v) is 4.23. The standard InChI is InChI=1S/C9H17NO3S/c1-2-3-6-9(11)10-7-4-5-8-14(10,12)13/h2-8H2,1H3. The van der Waals surface area contributed by atoms with E-state index in [9.17, 15) is 13.2 Å². The van der Waals surface area contributed by atoms with Gasteiger partial charge in [-0.05, 0) is 19.3 Å². The fourth-order valence-electron chi connectivity index (χ4n) is 1.52. The summed E-state index contributed by atoms with van der Waals surface area (Å²) in [5, 5.41) is 0. The molecule has 0 unspecified atom stereocenters. The molecule has 1 aliphatic heterocycles. The van der Waals surface area contributed by atoms with E-state index in [0.717, 1.165) is 23.6 Å². The Balaban J connectivity index is 2.61. The lowest BCUT2D eigenvalue weighted by atomic mass is 10.2. The van der Waals surface area contributed by atoms with E-state index in [1.54, 1.807) is 0 Å². The molecule has 0 spiro atoms. The Hall–Kier alpha value is -0.580. The molecule has 1 amide bonds. The Bertz CT molecular complexity index is 297. The molecule has 1 fully saturated rings. The molecule has 0 aromatic carbocycles. The lowest BCUT2D eigenvalue weighted by molar-refractivity contribution is -0.126. The first-order valence-electron chi connectivity index (χ1n) is 5.11. The minimum atomic E-state index is -3.27. The van der Waals surface area contributed by atoms with Crippen molar-refractivity contribution >= 4 is 15.9 Å². The second kappa shape index (κ2) is 4.77. The first-order valence-corrected chi connectivity index (χ1v) is 6.72. The largest absolute Gasteiger partial charge is 0.274 e. The lowest BCUT2D eigenvalue weighted by Crippen LogP contribution is -2.42. The van der Waals surface area contributed by atoms with Crippen LogP contribution in [0.1, 0.15) is 39.0 Å². The van der Waals surface area contributed by atoms with Gasteiger partial charge in [0.1, 0.15) is 0 Å². The van der Waals surface area contributed by atoms with Crippen molar-refractivity contribution in [3.63, 3.8) is 0 Å². The van der Waals surface area contributed by atoms with Crippen LogP contribution in [0.2, 0.25) is 0 Å². The summed E-state index contributed by atoms with van der Waals surface area (Å²) in [6, 6.07) is 0. The summed E-state index contributed by atoms with van der Waals surface area (Å²) in [6.07, 6.45) is 3.52. The van der Waals surface area contributed by atoms with Crippen LogP contribution >= 0.6 is 0 Å². The van der Waals surface area contributed by atoms with Gasteiger partial charge in [-0.25, -0.2) is 12.7 Å². The number of rotatable bonds is 3. The van der Waals surface area contributed by atoms with E-state index in [1.165, 1.54) is 0 Å². The zero-order valence-corrected chi connectivity index (χ0v) is 9.35. The van der Waals surface area contributed by atoms with Crippen molar-refractivity contribution < 1.29 is 13.2 Å². The highest BCUT2D eigenvalue weighted by molar-refractivity contribution is 7.89. The maximum Gasteiger partial charge on any atom is 0.237 e. The number of unbranched alkanes of at least 4 members (excludes halogenated alkanes) is 1. The molecule has 14 heavy (non-hydrogen) atoms. The van der Waals surface area contributed by atoms with E-state index in [2.05, 4.69) is 0 Å². The van der Waals surface area contributed by atoms with Crippen molar-refractivity contribution in [2.75, 3.05) is 12.3 Å². The maximum absolute atomic E-state index is 11.5. The summed E-state index contributed by atoms with van der Waals surface area (Å²) in [4.78, 5) is 11.5. The molecule has 0 aliphatic carbocycles. The molecule has 0 N–H and O–H groups in total. The van der Waals surface area contributed by atoms with Crippen LogP contribution in [0.4, 0.5) is 0 Å². The highest BCUT2D eigenvalue weighted by atomic mass is 32.2. The van der Waals surface area contributed by atoms with Crippen LogP contribution in [0.3, 0.4) is 0 Å². The van der Waals surface area contributed by atoms with Crippen molar-refractivity contribution in [3.05, 3.63) is 0 Å². The summed E-state index contributed by atoms with van der Waals surface area (Å²) in [7, 11) is -3.27. The fraction of sp³-hybridized carbons (Fsp3) is 0.889. The zero-order valence-electron chi connectivity index (χ0n) is 8.53. The molecule has 0 radical (unpaired) electrons. The topological polar surface area (TPSA) is 54.5 Å².